The van der Waals surface area contributed by atoms with Crippen molar-refractivity contribution in [3.63, 3.8) is 0 Å². The summed E-state index contributed by atoms with van der Waals surface area (Å²) in [5.41, 5.74) is 2.59. The van der Waals surface area contributed by atoms with Crippen molar-refractivity contribution in [1.29, 1.82) is 0 Å². The minimum Gasteiger partial charge on any atom is -0.393 e. The van der Waals surface area contributed by atoms with Crippen LogP contribution in [0.25, 0.3) is 0 Å². The van der Waals surface area contributed by atoms with E-state index in [9.17, 15) is 5.11 Å². The van der Waals surface area contributed by atoms with Crippen molar-refractivity contribution in [1.82, 2.24) is 0 Å². The summed E-state index contributed by atoms with van der Waals surface area (Å²) in [6.07, 6.45) is 4.48. The smallest absolute Gasteiger partial charge is 0.0585 e. The monoisotopic (exact) mass is 261 g/mol. The summed E-state index contributed by atoms with van der Waals surface area (Å²) in [6, 6.07) is 8.49. The van der Waals surface area contributed by atoms with Crippen LogP contribution in [0.4, 0.5) is 5.69 Å². The molecule has 2 rings (SSSR count). The summed E-state index contributed by atoms with van der Waals surface area (Å²) in [7, 11) is 2.14. The minimum atomic E-state index is -0.116. The van der Waals surface area contributed by atoms with Gasteiger partial charge in [-0.3, -0.25) is 0 Å². The van der Waals surface area contributed by atoms with E-state index in [2.05, 4.69) is 50.1 Å². The molecule has 2 nitrogen and oxygen atoms in total. The quantitative estimate of drug-likeness (QED) is 0.895. The van der Waals surface area contributed by atoms with Crippen LogP contribution < -0.4 is 4.90 Å². The summed E-state index contributed by atoms with van der Waals surface area (Å²) in [5.74, 6) is 1.22. The van der Waals surface area contributed by atoms with Crippen LogP contribution in [0.5, 0.6) is 0 Å². The third-order valence-corrected chi connectivity index (χ3v) is 4.66. The Morgan fingerprint density at radius 1 is 1.26 bits per heavy atom. The lowest BCUT2D eigenvalue weighted by molar-refractivity contribution is 0.0511. The zero-order valence-electron chi connectivity index (χ0n) is 12.5. The first kappa shape index (κ1) is 14.4. The van der Waals surface area contributed by atoms with Gasteiger partial charge in [0.2, 0.25) is 0 Å². The Hall–Kier alpha value is -1.02. The molecule has 0 spiro atoms. The first-order chi connectivity index (χ1) is 9.11. The lowest BCUT2D eigenvalue weighted by atomic mass is 9.78. The van der Waals surface area contributed by atoms with E-state index in [1.165, 1.54) is 30.5 Å². The number of para-hydroxylation sites is 1. The van der Waals surface area contributed by atoms with E-state index in [0.717, 1.165) is 18.9 Å². The van der Waals surface area contributed by atoms with Crippen LogP contribution in [0.3, 0.4) is 0 Å². The number of benzene rings is 1. The van der Waals surface area contributed by atoms with Crippen molar-refractivity contribution >= 4 is 5.69 Å². The van der Waals surface area contributed by atoms with Crippen molar-refractivity contribution in [3.8, 4) is 0 Å². The van der Waals surface area contributed by atoms with Gasteiger partial charge in [0.15, 0.2) is 0 Å². The molecule has 106 valence electrons. The van der Waals surface area contributed by atoms with Crippen LogP contribution in [0, 0.1) is 18.8 Å². The highest BCUT2D eigenvalue weighted by Crippen LogP contribution is 2.32. The number of aliphatic hydroxyl groups is 1. The summed E-state index contributed by atoms with van der Waals surface area (Å²) in [6.45, 7) is 5.38. The second kappa shape index (κ2) is 6.42. The van der Waals surface area contributed by atoms with Gasteiger partial charge in [-0.1, -0.05) is 31.5 Å². The first-order valence-electron chi connectivity index (χ1n) is 7.56. The standard InChI is InChI=1S/C17H27NO/c1-4-14-9-10-17(19)15(11-14)12-18(3)16-8-6-5-7-13(16)2/h5-8,14-15,17,19H,4,9-12H2,1-3H3. The summed E-state index contributed by atoms with van der Waals surface area (Å²) in [4.78, 5) is 2.31. The molecule has 0 aromatic heterocycles. The van der Waals surface area contributed by atoms with Gasteiger partial charge in [0, 0.05) is 25.2 Å². The van der Waals surface area contributed by atoms with Crippen LogP contribution in [0.1, 0.15) is 38.2 Å². The molecule has 0 radical (unpaired) electrons. The number of anilines is 1. The zero-order valence-corrected chi connectivity index (χ0v) is 12.5. The molecule has 1 aliphatic rings. The van der Waals surface area contributed by atoms with E-state index in [1.54, 1.807) is 0 Å². The molecule has 1 aromatic rings. The SMILES string of the molecule is CCC1CCC(O)C(CN(C)c2ccccc2C)C1. The third kappa shape index (κ3) is 3.50. The van der Waals surface area contributed by atoms with Gasteiger partial charge in [-0.2, -0.15) is 0 Å². The van der Waals surface area contributed by atoms with E-state index >= 15 is 0 Å². The van der Waals surface area contributed by atoms with Crippen molar-refractivity contribution in [2.75, 3.05) is 18.5 Å². The fourth-order valence-electron chi connectivity index (χ4n) is 3.35. The molecule has 0 saturated heterocycles. The van der Waals surface area contributed by atoms with Crippen LogP contribution in [-0.4, -0.2) is 24.8 Å². The van der Waals surface area contributed by atoms with Gasteiger partial charge in [-0.15, -0.1) is 0 Å². The lowest BCUT2D eigenvalue weighted by Crippen LogP contribution is -2.37. The molecule has 0 amide bonds. The molecule has 2 heteroatoms. The van der Waals surface area contributed by atoms with E-state index < -0.39 is 0 Å². The summed E-state index contributed by atoms with van der Waals surface area (Å²) < 4.78 is 0. The molecule has 1 fully saturated rings. The Balaban J connectivity index is 2.01. The number of aliphatic hydroxyl groups excluding tert-OH is 1. The van der Waals surface area contributed by atoms with Crippen molar-refractivity contribution < 1.29 is 5.11 Å². The molecular formula is C17H27NO. The predicted molar refractivity (Wildman–Crippen MR) is 81.6 cm³/mol. The average Bonchev–Trinajstić information content (AvgIpc) is 2.41. The second-order valence-corrected chi connectivity index (χ2v) is 6.08. The van der Waals surface area contributed by atoms with E-state index in [4.69, 9.17) is 0 Å². The molecule has 0 heterocycles. The molecule has 1 saturated carbocycles. The molecule has 1 N–H and O–H groups in total. The van der Waals surface area contributed by atoms with Crippen molar-refractivity contribution in [2.24, 2.45) is 11.8 Å². The molecule has 3 atom stereocenters. The van der Waals surface area contributed by atoms with Gasteiger partial charge in [-0.05, 0) is 43.7 Å². The molecule has 1 aliphatic carbocycles. The Kier molecular flexibility index (Phi) is 4.87. The van der Waals surface area contributed by atoms with Gasteiger partial charge < -0.3 is 10.0 Å². The van der Waals surface area contributed by atoms with Crippen LogP contribution in [-0.2, 0) is 0 Å². The van der Waals surface area contributed by atoms with Crippen molar-refractivity contribution in [2.45, 2.75) is 45.6 Å². The Morgan fingerprint density at radius 2 is 2.00 bits per heavy atom. The van der Waals surface area contributed by atoms with Gasteiger partial charge >= 0.3 is 0 Å². The van der Waals surface area contributed by atoms with Gasteiger partial charge in [0.05, 0.1) is 6.10 Å². The zero-order chi connectivity index (χ0) is 13.8. The largest absolute Gasteiger partial charge is 0.393 e. The molecule has 1 aromatic carbocycles. The first-order valence-corrected chi connectivity index (χ1v) is 7.56. The van der Waals surface area contributed by atoms with Crippen LogP contribution in [0.2, 0.25) is 0 Å². The average molecular weight is 261 g/mol. The molecule has 3 unspecified atom stereocenters. The highest BCUT2D eigenvalue weighted by atomic mass is 16.3. The molecule has 0 aliphatic heterocycles. The number of hydrogen-bond donors (Lipinski definition) is 1. The number of rotatable bonds is 4. The Morgan fingerprint density at radius 3 is 2.68 bits per heavy atom. The maximum absolute atomic E-state index is 10.2. The topological polar surface area (TPSA) is 23.5 Å². The highest BCUT2D eigenvalue weighted by molar-refractivity contribution is 5.52. The second-order valence-electron chi connectivity index (χ2n) is 6.08. The van der Waals surface area contributed by atoms with Gasteiger partial charge in [0.25, 0.3) is 0 Å². The van der Waals surface area contributed by atoms with Crippen molar-refractivity contribution in [3.05, 3.63) is 29.8 Å². The maximum atomic E-state index is 10.2. The molecular weight excluding hydrogens is 234 g/mol. The van der Waals surface area contributed by atoms with E-state index in [-0.39, 0.29) is 6.10 Å². The predicted octanol–water partition coefficient (Wildman–Crippen LogP) is 3.62. The molecule has 19 heavy (non-hydrogen) atoms. The Bertz CT molecular complexity index is 404. The van der Waals surface area contributed by atoms with Gasteiger partial charge in [-0.25, -0.2) is 0 Å². The Labute approximate surface area is 117 Å². The summed E-state index contributed by atoms with van der Waals surface area (Å²) >= 11 is 0. The molecule has 0 bridgehead atoms. The number of hydrogen-bond acceptors (Lipinski definition) is 2. The number of aryl methyl sites for hydroxylation is 1. The highest BCUT2D eigenvalue weighted by Gasteiger charge is 2.29. The maximum Gasteiger partial charge on any atom is 0.0585 e. The van der Waals surface area contributed by atoms with Gasteiger partial charge in [0.1, 0.15) is 0 Å². The lowest BCUT2D eigenvalue weighted by Gasteiger charge is -2.36. The van der Waals surface area contributed by atoms with E-state index in [0.29, 0.717) is 5.92 Å². The third-order valence-electron chi connectivity index (χ3n) is 4.66. The fourth-order valence-corrected chi connectivity index (χ4v) is 3.35. The summed E-state index contributed by atoms with van der Waals surface area (Å²) in [5, 5.41) is 10.2. The minimum absolute atomic E-state index is 0.116. The number of nitrogens with zero attached hydrogens (tertiary/aromatic N) is 1. The fraction of sp³-hybridized carbons (Fsp3) is 0.647. The van der Waals surface area contributed by atoms with Crippen LogP contribution >= 0.6 is 0 Å². The normalized spacial score (nSPS) is 27.3. The van der Waals surface area contributed by atoms with E-state index in [1.807, 2.05) is 0 Å². The van der Waals surface area contributed by atoms with Crippen LogP contribution in [0.15, 0.2) is 24.3 Å².